The van der Waals surface area contributed by atoms with E-state index in [2.05, 4.69) is 142 Å². The first-order valence-electron chi connectivity index (χ1n) is 32.0. The van der Waals surface area contributed by atoms with Crippen LogP contribution in [0, 0.1) is 0 Å². The minimum atomic E-state index is -0.798. The van der Waals surface area contributed by atoms with Crippen LogP contribution in [0.15, 0.2) is 122 Å². The molecule has 6 heteroatoms. The third-order valence-electron chi connectivity index (χ3n) is 13.4. The Bertz CT molecular complexity index is 1600. The van der Waals surface area contributed by atoms with Crippen LogP contribution < -0.4 is 0 Å². The molecule has 0 aromatic carbocycles. The first kappa shape index (κ1) is 72.8. The molecule has 0 aromatic heterocycles. The highest BCUT2D eigenvalue weighted by atomic mass is 16.6. The van der Waals surface area contributed by atoms with E-state index in [0.29, 0.717) is 19.3 Å². The van der Waals surface area contributed by atoms with Crippen LogP contribution in [0.25, 0.3) is 0 Å². The third-order valence-corrected chi connectivity index (χ3v) is 13.4. The van der Waals surface area contributed by atoms with E-state index in [4.69, 9.17) is 14.2 Å². The van der Waals surface area contributed by atoms with Crippen molar-refractivity contribution in [3.05, 3.63) is 122 Å². The van der Waals surface area contributed by atoms with Crippen molar-refractivity contribution in [2.24, 2.45) is 0 Å². The van der Waals surface area contributed by atoms with E-state index in [-0.39, 0.29) is 31.1 Å². The Morgan fingerprint density at radius 1 is 0.273 bits per heavy atom. The summed E-state index contributed by atoms with van der Waals surface area (Å²) in [4.78, 5) is 38.4. The average Bonchev–Trinajstić information content (AvgIpc) is 3.43. The van der Waals surface area contributed by atoms with Crippen LogP contribution in [0.5, 0.6) is 0 Å². The SMILES string of the molecule is CC/C=C\C/C=C\C/C=C\C/C=C\CCCCCCCCCCC(=O)OC(COC(=O)CCCCCCC/C=C\C/C=C\C/C=C\CC)COC(=O)CCCCCCCCCC/C=C\C/C=C\C/C=C\CCCCCCC. The molecule has 6 nitrogen and oxygen atoms in total. The maximum Gasteiger partial charge on any atom is 0.306 e. The van der Waals surface area contributed by atoms with E-state index in [1.165, 1.54) is 103 Å². The van der Waals surface area contributed by atoms with E-state index in [9.17, 15) is 14.4 Å². The molecule has 0 rings (SSSR count). The van der Waals surface area contributed by atoms with Gasteiger partial charge in [-0.05, 0) is 128 Å². The van der Waals surface area contributed by atoms with Crippen molar-refractivity contribution in [2.45, 2.75) is 297 Å². The minimum Gasteiger partial charge on any atom is -0.462 e. The third kappa shape index (κ3) is 62.5. The second-order valence-corrected chi connectivity index (χ2v) is 20.9. The topological polar surface area (TPSA) is 78.9 Å². The van der Waals surface area contributed by atoms with Gasteiger partial charge in [0.05, 0.1) is 0 Å². The fourth-order valence-electron chi connectivity index (χ4n) is 8.69. The first-order chi connectivity index (χ1) is 38.0. The van der Waals surface area contributed by atoms with Crippen molar-refractivity contribution in [2.75, 3.05) is 13.2 Å². The summed E-state index contributed by atoms with van der Waals surface area (Å²) in [5.41, 5.74) is 0. The summed E-state index contributed by atoms with van der Waals surface area (Å²) in [5, 5.41) is 0. The number of unbranched alkanes of at least 4 members (excludes halogenated alkanes) is 26. The molecule has 0 aliphatic rings. The van der Waals surface area contributed by atoms with Gasteiger partial charge in [-0.2, -0.15) is 0 Å². The zero-order chi connectivity index (χ0) is 55.7. The van der Waals surface area contributed by atoms with Crippen molar-refractivity contribution in [1.82, 2.24) is 0 Å². The van der Waals surface area contributed by atoms with Gasteiger partial charge in [-0.15, -0.1) is 0 Å². The Kier molecular flexibility index (Phi) is 60.8. The number of ether oxygens (including phenoxy) is 3. The highest BCUT2D eigenvalue weighted by molar-refractivity contribution is 5.71. The highest BCUT2D eigenvalue weighted by Crippen LogP contribution is 2.15. The quantitative estimate of drug-likeness (QED) is 0.0261. The van der Waals surface area contributed by atoms with Gasteiger partial charge < -0.3 is 14.2 Å². The number of rotatable bonds is 57. The van der Waals surface area contributed by atoms with Gasteiger partial charge in [0.25, 0.3) is 0 Å². The average molecular weight is 1070 g/mol. The summed E-state index contributed by atoms with van der Waals surface area (Å²) in [7, 11) is 0. The van der Waals surface area contributed by atoms with E-state index >= 15 is 0 Å². The fraction of sp³-hybridized carbons (Fsp3) is 0.676. The van der Waals surface area contributed by atoms with Gasteiger partial charge >= 0.3 is 17.9 Å². The summed E-state index contributed by atoms with van der Waals surface area (Å²) in [6.07, 6.45) is 89.1. The van der Waals surface area contributed by atoms with E-state index < -0.39 is 6.10 Å². The number of carbonyl (C=O) groups excluding carboxylic acids is 3. The summed E-state index contributed by atoms with van der Waals surface area (Å²) in [6, 6.07) is 0. The minimum absolute atomic E-state index is 0.0932. The van der Waals surface area contributed by atoms with Gasteiger partial charge in [-0.25, -0.2) is 0 Å². The maximum absolute atomic E-state index is 12.9. The van der Waals surface area contributed by atoms with Gasteiger partial charge in [0.2, 0.25) is 0 Å². The van der Waals surface area contributed by atoms with Gasteiger partial charge in [-0.3, -0.25) is 14.4 Å². The predicted octanol–water partition coefficient (Wildman–Crippen LogP) is 22.0. The lowest BCUT2D eigenvalue weighted by molar-refractivity contribution is -0.167. The molecule has 0 aromatic rings. The van der Waals surface area contributed by atoms with Crippen molar-refractivity contribution in [1.29, 1.82) is 0 Å². The van der Waals surface area contributed by atoms with E-state index in [0.717, 1.165) is 148 Å². The molecule has 0 fully saturated rings. The lowest BCUT2D eigenvalue weighted by atomic mass is 10.1. The van der Waals surface area contributed by atoms with Gasteiger partial charge in [0, 0.05) is 19.3 Å². The standard InChI is InChI=1S/C71H118O6/c1-4-7-10-13-16-19-22-25-28-30-32-34-35-37-38-40-43-46-49-52-55-58-61-64-70(73)76-67-68(66-75-69(72)63-60-57-54-51-48-45-42-27-24-21-18-15-12-9-6-3)77-71(74)65-62-59-56-53-50-47-44-41-39-36-33-31-29-26-23-20-17-14-11-8-5-2/h8-9,11-12,17-18,20-22,25-27,29-30,32-33,35-37,42,68H,4-7,10,13-16,19,23-24,28,31,34,38-41,43-67H2,1-3H3/b11-8-,12-9-,20-17-,21-18-,25-22-,29-26-,32-30-,36-33-,37-35-,42-27-. The zero-order valence-corrected chi connectivity index (χ0v) is 50.2. The van der Waals surface area contributed by atoms with E-state index in [1.54, 1.807) is 0 Å². The summed E-state index contributed by atoms with van der Waals surface area (Å²) in [6.45, 7) is 6.39. The van der Waals surface area contributed by atoms with Crippen molar-refractivity contribution in [3.63, 3.8) is 0 Å². The molecule has 0 saturated carbocycles. The zero-order valence-electron chi connectivity index (χ0n) is 50.2. The van der Waals surface area contributed by atoms with Crippen LogP contribution in [0.1, 0.15) is 290 Å². The molecule has 0 spiro atoms. The molecule has 1 unspecified atom stereocenters. The lowest BCUT2D eigenvalue weighted by Gasteiger charge is -2.18. The number of allylic oxidation sites excluding steroid dienone is 20. The van der Waals surface area contributed by atoms with Gasteiger partial charge in [0.15, 0.2) is 6.10 Å². The molecule has 77 heavy (non-hydrogen) atoms. The Morgan fingerprint density at radius 2 is 0.506 bits per heavy atom. The number of esters is 3. The largest absolute Gasteiger partial charge is 0.462 e. The van der Waals surface area contributed by atoms with Crippen LogP contribution in [-0.2, 0) is 28.6 Å². The summed E-state index contributed by atoms with van der Waals surface area (Å²) >= 11 is 0. The summed E-state index contributed by atoms with van der Waals surface area (Å²) < 4.78 is 16.9. The van der Waals surface area contributed by atoms with Crippen LogP contribution in [0.4, 0.5) is 0 Å². The van der Waals surface area contributed by atoms with Crippen molar-refractivity contribution >= 4 is 17.9 Å². The molecule has 438 valence electrons. The Balaban J connectivity index is 4.42. The fourth-order valence-corrected chi connectivity index (χ4v) is 8.69. The molecule has 0 amide bonds. The molecule has 1 atom stereocenters. The predicted molar refractivity (Wildman–Crippen MR) is 334 cm³/mol. The maximum atomic E-state index is 12.9. The Morgan fingerprint density at radius 3 is 0.792 bits per heavy atom. The number of hydrogen-bond acceptors (Lipinski definition) is 6. The molecular formula is C71H118O6. The smallest absolute Gasteiger partial charge is 0.306 e. The van der Waals surface area contributed by atoms with Crippen LogP contribution >= 0.6 is 0 Å². The van der Waals surface area contributed by atoms with Crippen molar-refractivity contribution in [3.8, 4) is 0 Å². The van der Waals surface area contributed by atoms with Crippen LogP contribution in [-0.4, -0.2) is 37.2 Å². The molecule has 0 bridgehead atoms. The first-order valence-corrected chi connectivity index (χ1v) is 32.0. The van der Waals surface area contributed by atoms with Crippen LogP contribution in [0.3, 0.4) is 0 Å². The molecule has 0 N–H and O–H groups in total. The van der Waals surface area contributed by atoms with Gasteiger partial charge in [0.1, 0.15) is 13.2 Å². The molecule has 0 saturated heterocycles. The molecule has 0 radical (unpaired) electrons. The molecule has 0 aliphatic heterocycles. The second kappa shape index (κ2) is 64.3. The van der Waals surface area contributed by atoms with Crippen molar-refractivity contribution < 1.29 is 28.6 Å². The second-order valence-electron chi connectivity index (χ2n) is 20.9. The normalized spacial score (nSPS) is 12.9. The molecule has 0 aliphatic carbocycles. The number of carbonyl (C=O) groups is 3. The number of hydrogen-bond donors (Lipinski definition) is 0. The Hall–Kier alpha value is -4.19. The molecular weight excluding hydrogens is 949 g/mol. The monoisotopic (exact) mass is 1070 g/mol. The Labute approximate surface area is 475 Å². The molecule has 0 heterocycles. The van der Waals surface area contributed by atoms with Crippen LogP contribution in [0.2, 0.25) is 0 Å². The highest BCUT2D eigenvalue weighted by Gasteiger charge is 2.19. The van der Waals surface area contributed by atoms with Gasteiger partial charge in [-0.1, -0.05) is 264 Å². The lowest BCUT2D eigenvalue weighted by Crippen LogP contribution is -2.30. The summed E-state index contributed by atoms with van der Waals surface area (Å²) in [5.74, 6) is -0.921. The van der Waals surface area contributed by atoms with E-state index in [1.807, 2.05) is 0 Å².